The molecule has 112 valence electrons. The molecule has 0 atom stereocenters. The number of nitrogen functional groups attached to an aromatic ring is 1. The summed E-state index contributed by atoms with van der Waals surface area (Å²) in [4.78, 5) is 13.4. The van der Waals surface area contributed by atoms with Crippen molar-refractivity contribution in [2.24, 2.45) is 0 Å². The number of rotatable bonds is 4. The molecule has 4 heteroatoms. The first-order valence-corrected chi connectivity index (χ1v) is 7.97. The van der Waals surface area contributed by atoms with Gasteiger partial charge in [0.05, 0.1) is 6.61 Å². The number of ether oxygens (including phenoxy) is 1. The number of carbonyl (C=O) groups is 1. The van der Waals surface area contributed by atoms with Crippen molar-refractivity contribution in [3.8, 4) is 11.1 Å². The topological polar surface area (TPSA) is 52.3 Å². The molecule has 0 fully saturated rings. The Balaban J connectivity index is 2.68. The fraction of sp³-hybridized carbons (Fsp3) is 0.353. The third-order valence-corrected chi connectivity index (χ3v) is 4.62. The number of esters is 1. The van der Waals surface area contributed by atoms with Crippen LogP contribution >= 0.6 is 11.3 Å². The Hall–Kier alpha value is -1.81. The van der Waals surface area contributed by atoms with Crippen LogP contribution in [0.4, 0.5) is 5.00 Å². The van der Waals surface area contributed by atoms with Gasteiger partial charge in [-0.1, -0.05) is 30.7 Å². The highest BCUT2D eigenvalue weighted by Crippen LogP contribution is 2.40. The standard InChI is InChI=1S/C17H21NO2S/c1-5-13-14(12-8-7-10(3)9-11(12)4)15(16(18)21-13)17(19)20-6-2/h7-9H,5-6,18H2,1-4H3. The molecule has 0 bridgehead atoms. The minimum Gasteiger partial charge on any atom is -0.462 e. The first kappa shape index (κ1) is 15.6. The third kappa shape index (κ3) is 2.95. The molecule has 0 saturated carbocycles. The molecular weight excluding hydrogens is 282 g/mol. The van der Waals surface area contributed by atoms with Gasteiger partial charge in [0.25, 0.3) is 0 Å². The molecule has 3 nitrogen and oxygen atoms in total. The Morgan fingerprint density at radius 2 is 2.00 bits per heavy atom. The average molecular weight is 303 g/mol. The molecule has 0 aliphatic carbocycles. The molecule has 0 amide bonds. The van der Waals surface area contributed by atoms with Gasteiger partial charge in [0, 0.05) is 10.4 Å². The number of aryl methyl sites for hydroxylation is 3. The van der Waals surface area contributed by atoms with Gasteiger partial charge in [-0.05, 0) is 38.3 Å². The van der Waals surface area contributed by atoms with E-state index < -0.39 is 0 Å². The number of anilines is 1. The maximum Gasteiger partial charge on any atom is 0.341 e. The van der Waals surface area contributed by atoms with E-state index >= 15 is 0 Å². The van der Waals surface area contributed by atoms with Gasteiger partial charge < -0.3 is 10.5 Å². The Bertz CT molecular complexity index is 674. The molecule has 0 unspecified atom stereocenters. The first-order chi connectivity index (χ1) is 9.99. The van der Waals surface area contributed by atoms with E-state index in [1.54, 1.807) is 6.92 Å². The molecule has 1 aromatic carbocycles. The Kier molecular flexibility index (Phi) is 4.68. The predicted octanol–water partition coefficient (Wildman–Crippen LogP) is 4.35. The van der Waals surface area contributed by atoms with Crippen LogP contribution in [-0.4, -0.2) is 12.6 Å². The number of hydrogen-bond acceptors (Lipinski definition) is 4. The van der Waals surface area contributed by atoms with Crippen LogP contribution in [0.1, 0.15) is 40.2 Å². The van der Waals surface area contributed by atoms with Gasteiger partial charge in [0.2, 0.25) is 0 Å². The van der Waals surface area contributed by atoms with E-state index in [-0.39, 0.29) is 5.97 Å². The molecule has 0 radical (unpaired) electrons. The lowest BCUT2D eigenvalue weighted by Crippen LogP contribution is -2.08. The average Bonchev–Trinajstić information content (AvgIpc) is 2.75. The molecule has 2 aromatic rings. The van der Waals surface area contributed by atoms with Gasteiger partial charge in [-0.25, -0.2) is 4.79 Å². The van der Waals surface area contributed by atoms with Gasteiger partial charge in [0.1, 0.15) is 10.6 Å². The van der Waals surface area contributed by atoms with Crippen LogP contribution in [0.15, 0.2) is 18.2 Å². The second-order valence-electron chi connectivity index (χ2n) is 5.03. The molecule has 0 saturated heterocycles. The molecule has 2 rings (SSSR count). The smallest absolute Gasteiger partial charge is 0.341 e. The van der Waals surface area contributed by atoms with E-state index in [0.717, 1.165) is 28.0 Å². The van der Waals surface area contributed by atoms with Crippen molar-refractivity contribution < 1.29 is 9.53 Å². The van der Waals surface area contributed by atoms with Crippen molar-refractivity contribution >= 4 is 22.3 Å². The lowest BCUT2D eigenvalue weighted by Gasteiger charge is -2.11. The van der Waals surface area contributed by atoms with Crippen LogP contribution in [0.5, 0.6) is 0 Å². The van der Waals surface area contributed by atoms with Crippen LogP contribution < -0.4 is 5.73 Å². The van der Waals surface area contributed by atoms with Gasteiger partial charge in [0.15, 0.2) is 0 Å². The second-order valence-corrected chi connectivity index (χ2v) is 6.17. The second kappa shape index (κ2) is 6.31. The van der Waals surface area contributed by atoms with Crippen molar-refractivity contribution in [3.05, 3.63) is 39.8 Å². The number of hydrogen-bond donors (Lipinski definition) is 1. The highest BCUT2D eigenvalue weighted by Gasteiger charge is 2.24. The third-order valence-electron chi connectivity index (χ3n) is 3.46. The highest BCUT2D eigenvalue weighted by atomic mass is 32.1. The molecule has 2 N–H and O–H groups in total. The zero-order valence-corrected chi connectivity index (χ0v) is 13.8. The molecule has 1 heterocycles. The van der Waals surface area contributed by atoms with E-state index in [2.05, 4.69) is 39.0 Å². The Morgan fingerprint density at radius 1 is 1.29 bits per heavy atom. The van der Waals surface area contributed by atoms with E-state index in [0.29, 0.717) is 17.2 Å². The van der Waals surface area contributed by atoms with Crippen LogP contribution in [0, 0.1) is 13.8 Å². The maximum atomic E-state index is 12.3. The summed E-state index contributed by atoms with van der Waals surface area (Å²) in [6.07, 6.45) is 0.844. The van der Waals surface area contributed by atoms with Gasteiger partial charge >= 0.3 is 5.97 Å². The fourth-order valence-electron chi connectivity index (χ4n) is 2.53. The lowest BCUT2D eigenvalue weighted by molar-refractivity contribution is 0.0529. The van der Waals surface area contributed by atoms with E-state index in [1.807, 2.05) is 0 Å². The van der Waals surface area contributed by atoms with Crippen molar-refractivity contribution in [2.75, 3.05) is 12.3 Å². The molecule has 0 aliphatic rings. The fourth-order valence-corrected chi connectivity index (χ4v) is 3.54. The van der Waals surface area contributed by atoms with E-state index in [4.69, 9.17) is 10.5 Å². The number of carbonyl (C=O) groups excluding carboxylic acids is 1. The largest absolute Gasteiger partial charge is 0.462 e. The Labute approximate surface area is 129 Å². The van der Waals surface area contributed by atoms with Gasteiger partial charge in [-0.3, -0.25) is 0 Å². The lowest BCUT2D eigenvalue weighted by atomic mass is 9.95. The summed E-state index contributed by atoms with van der Waals surface area (Å²) in [5.41, 5.74) is 11.0. The monoisotopic (exact) mass is 303 g/mol. The van der Waals surface area contributed by atoms with Crippen LogP contribution in [-0.2, 0) is 11.2 Å². The van der Waals surface area contributed by atoms with Crippen molar-refractivity contribution in [2.45, 2.75) is 34.1 Å². The zero-order chi connectivity index (χ0) is 15.6. The minimum atomic E-state index is -0.332. The highest BCUT2D eigenvalue weighted by molar-refractivity contribution is 7.17. The summed E-state index contributed by atoms with van der Waals surface area (Å²) in [5, 5.41) is 0.542. The minimum absolute atomic E-state index is 0.332. The van der Waals surface area contributed by atoms with Gasteiger partial charge in [-0.2, -0.15) is 0 Å². The van der Waals surface area contributed by atoms with Crippen LogP contribution in [0.2, 0.25) is 0 Å². The number of benzene rings is 1. The summed E-state index contributed by atoms with van der Waals surface area (Å²) in [6.45, 7) is 8.35. The zero-order valence-electron chi connectivity index (χ0n) is 12.9. The molecule has 0 aliphatic heterocycles. The Morgan fingerprint density at radius 3 is 2.57 bits per heavy atom. The van der Waals surface area contributed by atoms with Crippen molar-refractivity contribution in [1.82, 2.24) is 0 Å². The number of thiophene rings is 1. The molecule has 0 spiro atoms. The summed E-state index contributed by atoms with van der Waals surface area (Å²) in [6, 6.07) is 6.25. The summed E-state index contributed by atoms with van der Waals surface area (Å²) in [5.74, 6) is -0.332. The summed E-state index contributed by atoms with van der Waals surface area (Å²) < 4.78 is 5.18. The normalized spacial score (nSPS) is 10.7. The molecule has 21 heavy (non-hydrogen) atoms. The SMILES string of the molecule is CCOC(=O)c1c(N)sc(CC)c1-c1ccc(C)cc1C. The van der Waals surface area contributed by atoms with E-state index in [1.165, 1.54) is 16.9 Å². The first-order valence-electron chi connectivity index (χ1n) is 7.15. The molecule has 1 aromatic heterocycles. The predicted molar refractivity (Wildman–Crippen MR) is 89.0 cm³/mol. The van der Waals surface area contributed by atoms with Crippen LogP contribution in [0.25, 0.3) is 11.1 Å². The van der Waals surface area contributed by atoms with Crippen molar-refractivity contribution in [1.29, 1.82) is 0 Å². The summed E-state index contributed by atoms with van der Waals surface area (Å²) in [7, 11) is 0. The van der Waals surface area contributed by atoms with Gasteiger partial charge in [-0.15, -0.1) is 11.3 Å². The quantitative estimate of drug-likeness (QED) is 0.854. The molecular formula is C17H21NO2S. The van der Waals surface area contributed by atoms with E-state index in [9.17, 15) is 4.79 Å². The van der Waals surface area contributed by atoms with Crippen molar-refractivity contribution in [3.63, 3.8) is 0 Å². The summed E-state index contributed by atoms with van der Waals surface area (Å²) >= 11 is 1.48. The van der Waals surface area contributed by atoms with Crippen LogP contribution in [0.3, 0.4) is 0 Å². The maximum absolute atomic E-state index is 12.3. The number of nitrogens with two attached hydrogens (primary N) is 1.